The molecule has 0 saturated heterocycles. The van der Waals surface area contributed by atoms with E-state index in [-0.39, 0.29) is 6.54 Å². The lowest BCUT2D eigenvalue weighted by atomic mass is 10.1. The Balaban J connectivity index is 0.000000326. The second-order valence-electron chi connectivity index (χ2n) is 7.80. The van der Waals surface area contributed by atoms with Crippen molar-refractivity contribution in [1.82, 2.24) is 9.80 Å². The molecule has 0 fully saturated rings. The van der Waals surface area contributed by atoms with Gasteiger partial charge in [0.05, 0.1) is 6.67 Å². The summed E-state index contributed by atoms with van der Waals surface area (Å²) in [5.74, 6) is -0.853. The van der Waals surface area contributed by atoms with Crippen molar-refractivity contribution in [2.45, 2.75) is 71.1 Å². The fourth-order valence-electron chi connectivity index (χ4n) is 3.27. The molecule has 5 heteroatoms. The molecule has 5 nitrogen and oxygen atoms in total. The van der Waals surface area contributed by atoms with Gasteiger partial charge in [-0.15, -0.1) is 0 Å². The number of carboxylic acid groups (broad SMARTS) is 1. The van der Waals surface area contributed by atoms with Crippen molar-refractivity contribution < 1.29 is 9.90 Å². The summed E-state index contributed by atoms with van der Waals surface area (Å²) in [5, 5.41) is 11.1. The molecule has 1 heterocycles. The molecule has 0 amide bonds. The minimum Gasteiger partial charge on any atom is -0.480 e. The second kappa shape index (κ2) is 16.8. The van der Waals surface area contributed by atoms with E-state index in [0.717, 1.165) is 12.4 Å². The highest BCUT2D eigenvalue weighted by molar-refractivity contribution is 5.72. The van der Waals surface area contributed by atoms with Crippen LogP contribution in [0.15, 0.2) is 42.7 Å². The predicted octanol–water partition coefficient (Wildman–Crippen LogP) is 5.77. The van der Waals surface area contributed by atoms with Crippen LogP contribution in [-0.4, -0.2) is 47.7 Å². The number of carboxylic acids is 1. The van der Waals surface area contributed by atoms with Gasteiger partial charge in [-0.05, 0) is 18.6 Å². The van der Waals surface area contributed by atoms with Gasteiger partial charge in [0, 0.05) is 31.7 Å². The lowest BCUT2D eigenvalue weighted by molar-refractivity contribution is -0.134. The quantitative estimate of drug-likeness (QED) is 0.386. The van der Waals surface area contributed by atoms with Crippen molar-refractivity contribution in [3.05, 3.63) is 42.7 Å². The van der Waals surface area contributed by atoms with E-state index in [0.29, 0.717) is 0 Å². The first-order chi connectivity index (χ1) is 14.1. The number of unbranched alkanes of at least 4 members (excludes halogenated alkanes) is 9. The monoisotopic (exact) mass is 403 g/mol. The van der Waals surface area contributed by atoms with E-state index >= 15 is 0 Å². The second-order valence-corrected chi connectivity index (χ2v) is 7.80. The van der Waals surface area contributed by atoms with Crippen LogP contribution in [0.5, 0.6) is 0 Å². The largest absolute Gasteiger partial charge is 0.480 e. The number of hydrogen-bond acceptors (Lipinski definition) is 4. The van der Waals surface area contributed by atoms with Crippen LogP contribution in [0, 0.1) is 0 Å². The highest BCUT2D eigenvalue weighted by atomic mass is 16.4. The van der Waals surface area contributed by atoms with Gasteiger partial charge in [-0.25, -0.2) is 0 Å². The summed E-state index contributed by atoms with van der Waals surface area (Å²) in [6, 6.07) is 9.23. The zero-order valence-corrected chi connectivity index (χ0v) is 18.5. The van der Waals surface area contributed by atoms with E-state index in [1.807, 2.05) is 30.3 Å². The molecule has 29 heavy (non-hydrogen) atoms. The maximum atomic E-state index is 10.1. The number of aliphatic carboxylic acids is 1. The lowest BCUT2D eigenvalue weighted by Gasteiger charge is -2.17. The first-order valence-electron chi connectivity index (χ1n) is 11.2. The third-order valence-corrected chi connectivity index (χ3v) is 4.95. The number of rotatable bonds is 14. The van der Waals surface area contributed by atoms with Crippen LogP contribution in [-0.2, 0) is 4.79 Å². The van der Waals surface area contributed by atoms with Crippen LogP contribution in [0.1, 0.15) is 71.1 Å². The van der Waals surface area contributed by atoms with Crippen LogP contribution < -0.4 is 5.32 Å². The number of nitrogens with one attached hydrogen (secondary N) is 1. The van der Waals surface area contributed by atoms with Crippen LogP contribution in [0.3, 0.4) is 0 Å². The molecule has 2 rings (SSSR count). The summed E-state index contributed by atoms with van der Waals surface area (Å²) >= 11 is 0. The lowest BCUT2D eigenvalue weighted by Crippen LogP contribution is -2.23. The molecule has 164 valence electrons. The smallest absolute Gasteiger partial charge is 0.322 e. The molecule has 0 radical (unpaired) electrons. The van der Waals surface area contributed by atoms with Crippen molar-refractivity contribution in [2.24, 2.45) is 0 Å². The van der Waals surface area contributed by atoms with Gasteiger partial charge < -0.3 is 20.2 Å². The summed E-state index contributed by atoms with van der Waals surface area (Å²) < 4.78 is 0. The molecule has 2 N–H and O–H groups in total. The Hall–Kier alpha value is -2.17. The number of anilines is 1. The molecular weight excluding hydrogens is 362 g/mol. The van der Waals surface area contributed by atoms with Crippen molar-refractivity contribution >= 4 is 11.7 Å². The Morgan fingerprint density at radius 1 is 0.931 bits per heavy atom. The summed E-state index contributed by atoms with van der Waals surface area (Å²) in [5.41, 5.74) is 0.829. The molecular formula is C24H41N3O2. The van der Waals surface area contributed by atoms with Crippen molar-refractivity contribution in [3.8, 4) is 0 Å². The molecule has 1 aromatic rings. The van der Waals surface area contributed by atoms with Crippen molar-refractivity contribution in [1.29, 1.82) is 0 Å². The first kappa shape index (κ1) is 24.9. The summed E-state index contributed by atoms with van der Waals surface area (Å²) in [4.78, 5) is 14.8. The fraction of sp³-hybridized carbons (Fsp3) is 0.625. The maximum Gasteiger partial charge on any atom is 0.322 e. The standard InChI is InChI=1S/C16H32N2.C8H9NO2/c1-3-4-5-6-7-8-9-10-11-12-13-18-15-14-17(2)16-18;10-8(11)6-9-7-4-2-1-3-5-7/h14-15H,3-13,16H2,1-2H3;1-5,9H,6H2,(H,10,11). The number of para-hydroxylation sites is 1. The van der Waals surface area contributed by atoms with Gasteiger partial charge in [-0.1, -0.05) is 82.9 Å². The summed E-state index contributed by atoms with van der Waals surface area (Å²) in [7, 11) is 2.13. The van der Waals surface area contributed by atoms with E-state index in [2.05, 4.69) is 41.5 Å². The minimum atomic E-state index is -0.853. The van der Waals surface area contributed by atoms with E-state index in [9.17, 15) is 4.79 Å². The summed E-state index contributed by atoms with van der Waals surface area (Å²) in [6.07, 6.45) is 18.6. The van der Waals surface area contributed by atoms with Gasteiger partial charge >= 0.3 is 5.97 Å². The number of benzene rings is 1. The molecule has 1 aromatic carbocycles. The highest BCUT2D eigenvalue weighted by Gasteiger charge is 2.06. The van der Waals surface area contributed by atoms with Gasteiger partial charge in [0.2, 0.25) is 0 Å². The molecule has 0 bridgehead atoms. The predicted molar refractivity (Wildman–Crippen MR) is 123 cm³/mol. The van der Waals surface area contributed by atoms with E-state index < -0.39 is 5.97 Å². The average Bonchev–Trinajstić information content (AvgIpc) is 3.14. The molecule has 0 saturated carbocycles. The Morgan fingerprint density at radius 3 is 2.03 bits per heavy atom. The number of hydrogen-bond donors (Lipinski definition) is 2. The molecule has 0 aliphatic carbocycles. The van der Waals surface area contributed by atoms with Gasteiger partial charge in [0.1, 0.15) is 6.54 Å². The Bertz CT molecular complexity index is 548. The topological polar surface area (TPSA) is 55.8 Å². The minimum absolute atomic E-state index is 0.0377. The van der Waals surface area contributed by atoms with E-state index in [4.69, 9.17) is 5.11 Å². The SMILES string of the molecule is CCCCCCCCCCCCN1C=CN(C)C1.O=C(O)CNc1ccccc1. The van der Waals surface area contributed by atoms with E-state index in [1.54, 1.807) is 0 Å². The first-order valence-corrected chi connectivity index (χ1v) is 11.2. The van der Waals surface area contributed by atoms with Gasteiger partial charge in [-0.3, -0.25) is 4.79 Å². The van der Waals surface area contributed by atoms with Crippen LogP contribution in [0.2, 0.25) is 0 Å². The molecule has 0 aromatic heterocycles. The molecule has 0 unspecified atom stereocenters. The van der Waals surface area contributed by atoms with Crippen molar-refractivity contribution in [2.75, 3.05) is 32.1 Å². The van der Waals surface area contributed by atoms with Gasteiger partial charge in [-0.2, -0.15) is 0 Å². The van der Waals surface area contributed by atoms with Crippen LogP contribution >= 0.6 is 0 Å². The van der Waals surface area contributed by atoms with E-state index in [1.165, 1.54) is 70.8 Å². The number of carbonyl (C=O) groups is 1. The van der Waals surface area contributed by atoms with Crippen molar-refractivity contribution in [3.63, 3.8) is 0 Å². The highest BCUT2D eigenvalue weighted by Crippen LogP contribution is 2.11. The molecule has 0 spiro atoms. The van der Waals surface area contributed by atoms with Crippen LogP contribution in [0.4, 0.5) is 5.69 Å². The van der Waals surface area contributed by atoms with Gasteiger partial charge in [0.15, 0.2) is 0 Å². The Morgan fingerprint density at radius 2 is 1.52 bits per heavy atom. The molecule has 0 atom stereocenters. The zero-order valence-electron chi connectivity index (χ0n) is 18.5. The van der Waals surface area contributed by atoms with Gasteiger partial charge in [0.25, 0.3) is 0 Å². The summed E-state index contributed by atoms with van der Waals surface area (Å²) in [6.45, 7) is 4.56. The van der Waals surface area contributed by atoms with Crippen LogP contribution in [0.25, 0.3) is 0 Å². The fourth-order valence-corrected chi connectivity index (χ4v) is 3.27. The maximum absolute atomic E-state index is 10.1. The molecule has 1 aliphatic heterocycles. The third kappa shape index (κ3) is 14.5. The average molecular weight is 404 g/mol. The third-order valence-electron chi connectivity index (χ3n) is 4.95. The Labute approximate surface area is 177 Å². The zero-order chi connectivity index (χ0) is 21.2. The number of nitrogens with zero attached hydrogens (tertiary/aromatic N) is 2. The Kier molecular flexibility index (Phi) is 14.4. The molecule has 1 aliphatic rings. The normalized spacial score (nSPS) is 12.6.